The van der Waals surface area contributed by atoms with E-state index < -0.39 is 0 Å². The van der Waals surface area contributed by atoms with E-state index in [9.17, 15) is 0 Å². The predicted octanol–water partition coefficient (Wildman–Crippen LogP) is -0.433. The van der Waals surface area contributed by atoms with E-state index in [1.807, 2.05) is 0 Å². The van der Waals surface area contributed by atoms with Crippen molar-refractivity contribution in [3.8, 4) is 0 Å². The van der Waals surface area contributed by atoms with Crippen LogP contribution in [0.5, 0.6) is 0 Å². The Morgan fingerprint density at radius 1 is 1.25 bits per heavy atom. The van der Waals surface area contributed by atoms with E-state index in [0.717, 1.165) is 0 Å². The van der Waals surface area contributed by atoms with Gasteiger partial charge in [0.05, 0.1) is 0 Å². The molecule has 1 aromatic rings. The molecule has 0 bridgehead atoms. The van der Waals surface area contributed by atoms with E-state index in [4.69, 9.17) is 5.84 Å². The van der Waals surface area contributed by atoms with Crippen molar-refractivity contribution in [2.45, 2.75) is 0 Å². The summed E-state index contributed by atoms with van der Waals surface area (Å²) in [6, 6.07) is 0. The fraction of sp³-hybridized carbons (Fsp3) is 0. The zero-order chi connectivity index (χ0) is 4.41. The van der Waals surface area contributed by atoms with Crippen LogP contribution in [0.2, 0.25) is 0 Å². The molecule has 0 saturated heterocycles. The summed E-state index contributed by atoms with van der Waals surface area (Å²) in [6.45, 7) is 0. The second kappa shape index (κ2) is 5.08. The number of nitrogens with two attached hydrogens (primary N) is 1. The Hall–Kier alpha value is -0.0605. The summed E-state index contributed by atoms with van der Waals surface area (Å²) in [6.07, 6.45) is 2.83. The summed E-state index contributed by atoms with van der Waals surface area (Å²) in [5.74, 6) is 5.07. The summed E-state index contributed by atoms with van der Waals surface area (Å²) in [5.41, 5.74) is 0. The third-order valence-electron chi connectivity index (χ3n) is 0.437. The largest absolute Gasteiger partial charge is 0.337 e. The zero-order valence-corrected chi connectivity index (χ0v) is 6.65. The first-order chi connectivity index (χ1) is 2.89. The van der Waals surface area contributed by atoms with Gasteiger partial charge in [-0.25, -0.2) is 4.68 Å². The molecular weight excluding hydrogens is 216 g/mol. The number of hydrogen-bond donors (Lipinski definition) is 1. The van der Waals surface area contributed by atoms with Gasteiger partial charge in [0.1, 0.15) is 12.7 Å². The molecule has 0 aliphatic heterocycles. The Labute approximate surface area is 67.7 Å². The van der Waals surface area contributed by atoms with Crippen molar-refractivity contribution < 1.29 is 17.1 Å². The summed E-state index contributed by atoms with van der Waals surface area (Å²) >= 11 is 0. The van der Waals surface area contributed by atoms with Gasteiger partial charge in [0.15, 0.2) is 0 Å². The molecular formula is C2H5BrFeN4. The maximum Gasteiger partial charge on any atom is 0.138 e. The van der Waals surface area contributed by atoms with Crippen LogP contribution in [-0.4, -0.2) is 14.9 Å². The van der Waals surface area contributed by atoms with Crippen LogP contribution in [0.3, 0.4) is 0 Å². The van der Waals surface area contributed by atoms with Crippen molar-refractivity contribution in [2.75, 3.05) is 5.84 Å². The number of nitrogen functional groups attached to an aromatic ring is 1. The smallest absolute Gasteiger partial charge is 0.138 e. The Bertz CT molecular complexity index is 118. The first-order valence-corrected chi connectivity index (χ1v) is 1.49. The molecule has 48 valence electrons. The number of halogens is 1. The number of hydrogen-bond acceptors (Lipinski definition) is 3. The fourth-order valence-electron chi connectivity index (χ4n) is 0.209. The van der Waals surface area contributed by atoms with Gasteiger partial charge in [0.2, 0.25) is 0 Å². The fourth-order valence-corrected chi connectivity index (χ4v) is 0.209. The minimum Gasteiger partial charge on any atom is -0.337 e. The van der Waals surface area contributed by atoms with Crippen molar-refractivity contribution in [1.82, 2.24) is 14.9 Å². The third kappa shape index (κ3) is 3.01. The van der Waals surface area contributed by atoms with E-state index in [1.54, 1.807) is 0 Å². The van der Waals surface area contributed by atoms with Gasteiger partial charge >= 0.3 is 0 Å². The molecule has 0 aliphatic rings. The quantitative estimate of drug-likeness (QED) is 0.477. The van der Waals surface area contributed by atoms with Gasteiger partial charge in [-0.2, -0.15) is 0 Å². The van der Waals surface area contributed by atoms with Crippen molar-refractivity contribution in [1.29, 1.82) is 0 Å². The van der Waals surface area contributed by atoms with Gasteiger partial charge in [-0.15, -0.1) is 27.2 Å². The molecule has 0 spiro atoms. The van der Waals surface area contributed by atoms with E-state index in [-0.39, 0.29) is 34.1 Å². The third-order valence-corrected chi connectivity index (χ3v) is 0.437. The van der Waals surface area contributed by atoms with E-state index >= 15 is 0 Å². The molecule has 0 saturated carbocycles. The molecule has 0 aliphatic carbocycles. The van der Waals surface area contributed by atoms with Crippen LogP contribution in [0, 0.1) is 0 Å². The minimum atomic E-state index is 0. The van der Waals surface area contributed by atoms with Gasteiger partial charge in [0, 0.05) is 17.1 Å². The Balaban J connectivity index is 0. The summed E-state index contributed by atoms with van der Waals surface area (Å²) < 4.78 is 1.28. The van der Waals surface area contributed by atoms with Crippen LogP contribution >= 0.6 is 17.0 Å². The summed E-state index contributed by atoms with van der Waals surface area (Å²) in [4.78, 5) is 0. The second-order valence-corrected chi connectivity index (χ2v) is 0.909. The van der Waals surface area contributed by atoms with Gasteiger partial charge in [-0.05, 0) is 0 Å². The normalized spacial score (nSPS) is 6.50. The number of nitrogens with zero attached hydrogens (tertiary/aromatic N) is 3. The Morgan fingerprint density at radius 3 is 1.75 bits per heavy atom. The van der Waals surface area contributed by atoms with Crippen LogP contribution in [0.4, 0.5) is 0 Å². The molecule has 1 aromatic heterocycles. The standard InChI is InChI=1S/C2H4N4.BrH.Fe/c3-6-1-4-5-2-6;;/h1-2H,3H2;1H;. The first-order valence-electron chi connectivity index (χ1n) is 1.49. The molecule has 0 unspecified atom stereocenters. The summed E-state index contributed by atoms with van der Waals surface area (Å²) in [7, 11) is 0. The predicted molar refractivity (Wildman–Crippen MR) is 30.5 cm³/mol. The summed E-state index contributed by atoms with van der Waals surface area (Å²) in [5, 5.41) is 6.82. The van der Waals surface area contributed by atoms with Gasteiger partial charge in [-0.3, -0.25) is 0 Å². The number of aromatic nitrogens is 3. The molecule has 0 fully saturated rings. The SMILES string of the molecule is Br.Nn1cnnc1.[Fe]. The molecule has 1 rings (SSSR count). The maximum atomic E-state index is 5.07. The first kappa shape index (κ1) is 10.8. The zero-order valence-electron chi connectivity index (χ0n) is 3.84. The van der Waals surface area contributed by atoms with Crippen LogP contribution in [0.25, 0.3) is 0 Å². The van der Waals surface area contributed by atoms with Gasteiger partial charge in [0.25, 0.3) is 0 Å². The average molecular weight is 221 g/mol. The van der Waals surface area contributed by atoms with Crippen LogP contribution in [0.15, 0.2) is 12.7 Å². The molecule has 0 aromatic carbocycles. The average Bonchev–Trinajstić information content (AvgIpc) is 1.86. The van der Waals surface area contributed by atoms with E-state index in [0.29, 0.717) is 0 Å². The van der Waals surface area contributed by atoms with Crippen molar-refractivity contribution in [3.05, 3.63) is 12.7 Å². The second-order valence-electron chi connectivity index (χ2n) is 0.909. The molecule has 0 radical (unpaired) electrons. The van der Waals surface area contributed by atoms with Crippen molar-refractivity contribution >= 4 is 17.0 Å². The minimum absolute atomic E-state index is 0. The Morgan fingerprint density at radius 2 is 1.62 bits per heavy atom. The van der Waals surface area contributed by atoms with Crippen LogP contribution in [-0.2, 0) is 17.1 Å². The number of rotatable bonds is 0. The van der Waals surface area contributed by atoms with Crippen LogP contribution < -0.4 is 5.84 Å². The van der Waals surface area contributed by atoms with Gasteiger partial charge < -0.3 is 5.84 Å². The van der Waals surface area contributed by atoms with Crippen LogP contribution in [0.1, 0.15) is 0 Å². The topological polar surface area (TPSA) is 56.7 Å². The molecule has 6 heteroatoms. The Kier molecular flexibility index (Phi) is 6.89. The van der Waals surface area contributed by atoms with E-state index in [1.165, 1.54) is 17.3 Å². The molecule has 4 nitrogen and oxygen atoms in total. The van der Waals surface area contributed by atoms with Gasteiger partial charge in [-0.1, -0.05) is 0 Å². The maximum absolute atomic E-state index is 5.07. The molecule has 0 atom stereocenters. The monoisotopic (exact) mass is 220 g/mol. The van der Waals surface area contributed by atoms with E-state index in [2.05, 4.69) is 10.2 Å². The molecule has 0 amide bonds. The molecule has 2 N–H and O–H groups in total. The molecule has 1 heterocycles. The molecule has 8 heavy (non-hydrogen) atoms. The van der Waals surface area contributed by atoms with Crippen molar-refractivity contribution in [2.24, 2.45) is 0 Å². The van der Waals surface area contributed by atoms with Crippen molar-refractivity contribution in [3.63, 3.8) is 0 Å².